The third-order valence-corrected chi connectivity index (χ3v) is 6.09. The average molecular weight is 429 g/mol. The largest absolute Gasteiger partial charge is 0.394 e. The molecule has 1 N–H and O–H groups in total. The van der Waals surface area contributed by atoms with E-state index in [-0.39, 0.29) is 43.0 Å². The van der Waals surface area contributed by atoms with Crippen LogP contribution in [-0.4, -0.2) is 58.5 Å². The molecule has 0 radical (unpaired) electrons. The van der Waals surface area contributed by atoms with Gasteiger partial charge in [0, 0.05) is 16.9 Å². The number of hydrogen-bond acceptors (Lipinski definition) is 3. The Kier molecular flexibility index (Phi) is 5.02. The van der Waals surface area contributed by atoms with E-state index >= 15 is 0 Å². The van der Waals surface area contributed by atoms with Crippen molar-refractivity contribution in [3.05, 3.63) is 70.2 Å². The topological polar surface area (TPSA) is 60.9 Å². The quantitative estimate of drug-likeness (QED) is 0.811. The molecule has 4 rings (SSSR count). The van der Waals surface area contributed by atoms with Gasteiger partial charge < -0.3 is 14.9 Å². The molecule has 5 nitrogen and oxygen atoms in total. The maximum absolute atomic E-state index is 12.7. The Bertz CT molecular complexity index is 840. The predicted octanol–water partition coefficient (Wildman–Crippen LogP) is 2.19. The molecule has 140 valence electrons. The Morgan fingerprint density at radius 1 is 1.11 bits per heavy atom. The first-order chi connectivity index (χ1) is 13.1. The maximum Gasteiger partial charge on any atom is 0.242 e. The van der Waals surface area contributed by atoms with Crippen molar-refractivity contribution in [3.63, 3.8) is 0 Å². The number of aliphatic hydroxyl groups excluding tert-OH is 1. The summed E-state index contributed by atoms with van der Waals surface area (Å²) in [5.41, 5.74) is 2.03. The zero-order chi connectivity index (χ0) is 19.0. The Labute approximate surface area is 166 Å². The second kappa shape index (κ2) is 7.44. The lowest BCUT2D eigenvalue weighted by atomic mass is 9.73. The second-order valence-corrected chi connectivity index (χ2v) is 8.05. The smallest absolute Gasteiger partial charge is 0.242 e. The normalized spacial score (nSPS) is 24.4. The molecule has 0 saturated carbocycles. The van der Waals surface area contributed by atoms with Gasteiger partial charge in [-0.15, -0.1) is 0 Å². The fourth-order valence-electron chi connectivity index (χ4n) is 4.26. The van der Waals surface area contributed by atoms with Crippen molar-refractivity contribution in [2.75, 3.05) is 19.7 Å². The predicted molar refractivity (Wildman–Crippen MR) is 105 cm³/mol. The average Bonchev–Trinajstić information content (AvgIpc) is 2.65. The molecule has 2 saturated heterocycles. The standard InChI is InChI=1S/C21H21BrN2O3/c22-16-8-6-15(7-9-16)21-17-11-23(12-20(27)24(17)18(21)13-25)19(26)10-14-4-2-1-3-5-14/h1-9,17-18,21,25H,10-13H2/t17-,18+,21+/m1/s1. The highest BCUT2D eigenvalue weighted by molar-refractivity contribution is 9.10. The zero-order valence-corrected chi connectivity index (χ0v) is 16.4. The molecule has 0 aromatic heterocycles. The summed E-state index contributed by atoms with van der Waals surface area (Å²) in [6, 6.07) is 17.3. The number of carbonyl (C=O) groups excluding carboxylic acids is 2. The third kappa shape index (κ3) is 3.39. The van der Waals surface area contributed by atoms with E-state index in [1.165, 1.54) is 0 Å². The minimum absolute atomic E-state index is 0.0313. The number of amides is 2. The van der Waals surface area contributed by atoms with E-state index < -0.39 is 0 Å². The third-order valence-electron chi connectivity index (χ3n) is 5.56. The van der Waals surface area contributed by atoms with Crippen molar-refractivity contribution in [2.24, 2.45) is 0 Å². The van der Waals surface area contributed by atoms with Crippen molar-refractivity contribution < 1.29 is 14.7 Å². The van der Waals surface area contributed by atoms with Gasteiger partial charge in [0.1, 0.15) is 0 Å². The highest BCUT2D eigenvalue weighted by Crippen LogP contribution is 2.43. The number of nitrogens with zero attached hydrogens (tertiary/aromatic N) is 2. The number of fused-ring (bicyclic) bond motifs is 1. The molecular formula is C21H21BrN2O3. The van der Waals surface area contributed by atoms with Crippen LogP contribution in [0.5, 0.6) is 0 Å². The molecular weight excluding hydrogens is 408 g/mol. The lowest BCUT2D eigenvalue weighted by Gasteiger charge is -2.58. The van der Waals surface area contributed by atoms with Gasteiger partial charge in [-0.2, -0.15) is 0 Å². The number of hydrogen-bond donors (Lipinski definition) is 1. The first-order valence-corrected chi connectivity index (χ1v) is 9.87. The summed E-state index contributed by atoms with van der Waals surface area (Å²) in [5, 5.41) is 9.82. The van der Waals surface area contributed by atoms with Gasteiger partial charge in [0.15, 0.2) is 0 Å². The van der Waals surface area contributed by atoms with Crippen molar-refractivity contribution in [2.45, 2.75) is 24.4 Å². The summed E-state index contributed by atoms with van der Waals surface area (Å²) in [6.07, 6.45) is 0.299. The van der Waals surface area contributed by atoms with Crippen LogP contribution in [0, 0.1) is 0 Å². The molecule has 6 heteroatoms. The molecule has 3 atom stereocenters. The van der Waals surface area contributed by atoms with Gasteiger partial charge in [0.05, 0.1) is 31.7 Å². The van der Waals surface area contributed by atoms with Crippen LogP contribution in [0.2, 0.25) is 0 Å². The second-order valence-electron chi connectivity index (χ2n) is 7.13. The molecule has 2 fully saturated rings. The molecule has 2 heterocycles. The van der Waals surface area contributed by atoms with Gasteiger partial charge in [-0.3, -0.25) is 9.59 Å². The van der Waals surface area contributed by atoms with Gasteiger partial charge in [0.2, 0.25) is 11.8 Å². The van der Waals surface area contributed by atoms with Crippen LogP contribution >= 0.6 is 15.9 Å². The fourth-order valence-corrected chi connectivity index (χ4v) is 4.52. The van der Waals surface area contributed by atoms with Gasteiger partial charge in [-0.1, -0.05) is 58.4 Å². The van der Waals surface area contributed by atoms with E-state index in [2.05, 4.69) is 15.9 Å². The zero-order valence-electron chi connectivity index (χ0n) is 14.8. The molecule has 27 heavy (non-hydrogen) atoms. The summed E-state index contributed by atoms with van der Waals surface area (Å²) in [7, 11) is 0. The molecule has 0 unspecified atom stereocenters. The molecule has 2 aromatic rings. The minimum Gasteiger partial charge on any atom is -0.394 e. The van der Waals surface area contributed by atoms with Crippen LogP contribution in [0.3, 0.4) is 0 Å². The molecule has 0 spiro atoms. The molecule has 0 aliphatic carbocycles. The van der Waals surface area contributed by atoms with E-state index in [9.17, 15) is 14.7 Å². The minimum atomic E-state index is -0.213. The number of aliphatic hydroxyl groups is 1. The first-order valence-electron chi connectivity index (χ1n) is 9.07. The SMILES string of the molecule is O=C(Cc1ccccc1)N1CC(=O)N2[C@H](C1)[C@H](c1ccc(Br)cc1)[C@@H]2CO. The van der Waals surface area contributed by atoms with Crippen LogP contribution in [0.1, 0.15) is 17.0 Å². The van der Waals surface area contributed by atoms with E-state index in [4.69, 9.17) is 0 Å². The van der Waals surface area contributed by atoms with Crippen molar-refractivity contribution in [1.29, 1.82) is 0 Å². The summed E-state index contributed by atoms with van der Waals surface area (Å²) in [4.78, 5) is 28.8. The summed E-state index contributed by atoms with van der Waals surface area (Å²) >= 11 is 3.44. The van der Waals surface area contributed by atoms with Crippen LogP contribution in [0.4, 0.5) is 0 Å². The van der Waals surface area contributed by atoms with E-state index in [0.717, 1.165) is 15.6 Å². The van der Waals surface area contributed by atoms with Gasteiger partial charge in [0.25, 0.3) is 0 Å². The first kappa shape index (κ1) is 18.2. The van der Waals surface area contributed by atoms with Crippen LogP contribution in [-0.2, 0) is 16.0 Å². The fraction of sp³-hybridized carbons (Fsp3) is 0.333. The highest BCUT2D eigenvalue weighted by atomic mass is 79.9. The van der Waals surface area contributed by atoms with Crippen LogP contribution < -0.4 is 0 Å². The maximum atomic E-state index is 12.7. The van der Waals surface area contributed by atoms with E-state index in [1.54, 1.807) is 9.80 Å². The van der Waals surface area contributed by atoms with Gasteiger partial charge >= 0.3 is 0 Å². The Hall–Kier alpha value is -2.18. The van der Waals surface area contributed by atoms with E-state index in [0.29, 0.717) is 13.0 Å². The lowest BCUT2D eigenvalue weighted by molar-refractivity contribution is -0.166. The monoisotopic (exact) mass is 428 g/mol. The number of benzene rings is 2. The van der Waals surface area contributed by atoms with Gasteiger partial charge in [-0.25, -0.2) is 0 Å². The van der Waals surface area contributed by atoms with E-state index in [1.807, 2.05) is 54.6 Å². The van der Waals surface area contributed by atoms with Crippen molar-refractivity contribution in [3.8, 4) is 0 Å². The molecule has 2 aliphatic rings. The number of halogens is 1. The van der Waals surface area contributed by atoms with Crippen LogP contribution in [0.15, 0.2) is 59.1 Å². The Balaban J connectivity index is 1.52. The number of carbonyl (C=O) groups is 2. The van der Waals surface area contributed by atoms with Gasteiger partial charge in [-0.05, 0) is 23.3 Å². The molecule has 2 aliphatic heterocycles. The number of rotatable bonds is 4. The van der Waals surface area contributed by atoms with Crippen LogP contribution in [0.25, 0.3) is 0 Å². The summed E-state index contributed by atoms with van der Waals surface area (Å²) < 4.78 is 0.988. The Morgan fingerprint density at radius 3 is 2.48 bits per heavy atom. The molecule has 2 amide bonds. The number of piperazine rings is 1. The highest BCUT2D eigenvalue weighted by Gasteiger charge is 2.54. The molecule has 2 aromatic carbocycles. The molecule has 0 bridgehead atoms. The van der Waals surface area contributed by atoms with Crippen molar-refractivity contribution >= 4 is 27.7 Å². The lowest BCUT2D eigenvalue weighted by Crippen LogP contribution is -2.73. The summed E-state index contributed by atoms with van der Waals surface area (Å²) in [6.45, 7) is 0.529. The summed E-state index contributed by atoms with van der Waals surface area (Å²) in [5.74, 6) is -0.0735. The van der Waals surface area contributed by atoms with Crippen molar-refractivity contribution in [1.82, 2.24) is 9.80 Å². The Morgan fingerprint density at radius 2 is 1.81 bits per heavy atom.